The van der Waals surface area contributed by atoms with E-state index in [1.807, 2.05) is 11.9 Å². The number of aromatic nitrogens is 3. The number of nitrogens with zero attached hydrogens (tertiary/aromatic N) is 3. The predicted molar refractivity (Wildman–Crippen MR) is 75.5 cm³/mol. The summed E-state index contributed by atoms with van der Waals surface area (Å²) in [4.78, 5) is 39.0. The largest absolute Gasteiger partial charge is 0.370 e. The molecule has 2 N–H and O–H groups in total. The van der Waals surface area contributed by atoms with Crippen molar-refractivity contribution in [3.8, 4) is 0 Å². The van der Waals surface area contributed by atoms with Gasteiger partial charge in [-0.3, -0.25) is 24.5 Å². The Morgan fingerprint density at radius 1 is 1.43 bits per heavy atom. The molecule has 2 aromatic rings. The molecule has 0 unspecified atom stereocenters. The SMILES string of the molecule is CCNc1cccc(Cn2cc([N+](=O)[O-])c(=O)[nH]c2=O)n1. The van der Waals surface area contributed by atoms with Crippen LogP contribution in [0.3, 0.4) is 0 Å². The molecular formula is C12H13N5O4. The molecule has 2 rings (SSSR count). The fourth-order valence-corrected chi connectivity index (χ4v) is 1.77. The minimum absolute atomic E-state index is 0.0235. The van der Waals surface area contributed by atoms with E-state index in [4.69, 9.17) is 0 Å². The van der Waals surface area contributed by atoms with E-state index in [0.29, 0.717) is 18.1 Å². The summed E-state index contributed by atoms with van der Waals surface area (Å²) in [5.74, 6) is 0.641. The molecule has 0 atom stereocenters. The molecule has 0 amide bonds. The third-order valence-electron chi connectivity index (χ3n) is 2.69. The molecule has 9 nitrogen and oxygen atoms in total. The number of pyridine rings is 1. The third kappa shape index (κ3) is 3.32. The smallest absolute Gasteiger partial charge is 0.350 e. The molecule has 0 bridgehead atoms. The number of nitrogens with one attached hydrogen (secondary N) is 2. The second kappa shape index (κ2) is 5.99. The standard InChI is InChI=1S/C12H13N5O4/c1-2-13-10-5-3-4-8(14-10)6-16-7-9(17(20)21)11(18)15-12(16)19/h3-5,7H,2,6H2,1H3,(H,13,14)(H,15,18,19). The molecule has 0 aromatic carbocycles. The van der Waals surface area contributed by atoms with Crippen molar-refractivity contribution in [2.75, 3.05) is 11.9 Å². The van der Waals surface area contributed by atoms with Crippen molar-refractivity contribution < 1.29 is 4.92 Å². The van der Waals surface area contributed by atoms with Crippen LogP contribution < -0.4 is 16.6 Å². The molecule has 21 heavy (non-hydrogen) atoms. The van der Waals surface area contributed by atoms with Gasteiger partial charge < -0.3 is 5.32 Å². The van der Waals surface area contributed by atoms with Gasteiger partial charge in [0.2, 0.25) is 0 Å². The van der Waals surface area contributed by atoms with Crippen LogP contribution in [0, 0.1) is 10.1 Å². The molecule has 2 aromatic heterocycles. The number of aromatic amines is 1. The van der Waals surface area contributed by atoms with Gasteiger partial charge in [0.1, 0.15) is 5.82 Å². The summed E-state index contributed by atoms with van der Waals surface area (Å²) in [6.45, 7) is 2.64. The second-order valence-corrected chi connectivity index (χ2v) is 4.20. The zero-order chi connectivity index (χ0) is 15.4. The predicted octanol–water partition coefficient (Wildman–Crippen LogP) is 0.320. The highest BCUT2D eigenvalue weighted by atomic mass is 16.6. The van der Waals surface area contributed by atoms with Crippen LogP contribution in [0.15, 0.2) is 34.0 Å². The second-order valence-electron chi connectivity index (χ2n) is 4.20. The van der Waals surface area contributed by atoms with Crippen LogP contribution in [-0.4, -0.2) is 26.0 Å². The summed E-state index contributed by atoms with van der Waals surface area (Å²) in [7, 11) is 0. The van der Waals surface area contributed by atoms with E-state index in [2.05, 4.69) is 10.3 Å². The van der Waals surface area contributed by atoms with Gasteiger partial charge in [-0.25, -0.2) is 9.78 Å². The van der Waals surface area contributed by atoms with Gasteiger partial charge in [-0.2, -0.15) is 0 Å². The third-order valence-corrected chi connectivity index (χ3v) is 2.69. The van der Waals surface area contributed by atoms with Crippen molar-refractivity contribution in [3.63, 3.8) is 0 Å². The first-order valence-corrected chi connectivity index (χ1v) is 6.19. The quantitative estimate of drug-likeness (QED) is 0.604. The number of nitro groups is 1. The van der Waals surface area contributed by atoms with Crippen LogP contribution in [-0.2, 0) is 6.54 Å². The van der Waals surface area contributed by atoms with Gasteiger partial charge >= 0.3 is 16.9 Å². The van der Waals surface area contributed by atoms with Crippen molar-refractivity contribution in [2.45, 2.75) is 13.5 Å². The summed E-state index contributed by atoms with van der Waals surface area (Å²) >= 11 is 0. The lowest BCUT2D eigenvalue weighted by molar-refractivity contribution is -0.386. The van der Waals surface area contributed by atoms with Gasteiger partial charge in [-0.1, -0.05) is 6.07 Å². The lowest BCUT2D eigenvalue weighted by atomic mass is 10.3. The van der Waals surface area contributed by atoms with Gasteiger partial charge in [0.15, 0.2) is 0 Å². The molecule has 0 fully saturated rings. The molecule has 0 saturated carbocycles. The topological polar surface area (TPSA) is 123 Å². The molecule has 0 aliphatic carbocycles. The number of hydrogen-bond donors (Lipinski definition) is 2. The molecule has 110 valence electrons. The average molecular weight is 291 g/mol. The highest BCUT2D eigenvalue weighted by Crippen LogP contribution is 2.06. The van der Waals surface area contributed by atoms with Crippen LogP contribution in [0.25, 0.3) is 0 Å². The van der Waals surface area contributed by atoms with Crippen molar-refractivity contribution in [3.05, 3.63) is 61.0 Å². The Morgan fingerprint density at radius 2 is 2.19 bits per heavy atom. The van der Waals surface area contributed by atoms with Crippen LogP contribution in [0.1, 0.15) is 12.6 Å². The summed E-state index contributed by atoms with van der Waals surface area (Å²) in [6.07, 6.45) is 0.919. The fraction of sp³-hybridized carbons (Fsp3) is 0.250. The Balaban J connectivity index is 2.37. The Labute approximate surface area is 118 Å². The Kier molecular flexibility index (Phi) is 4.12. The number of rotatable bonds is 5. The number of hydrogen-bond acceptors (Lipinski definition) is 6. The van der Waals surface area contributed by atoms with Crippen LogP contribution in [0.4, 0.5) is 11.5 Å². The van der Waals surface area contributed by atoms with E-state index in [1.165, 1.54) is 0 Å². The Bertz CT molecular complexity index is 780. The van der Waals surface area contributed by atoms with Crippen molar-refractivity contribution >= 4 is 11.5 Å². The maximum atomic E-state index is 11.7. The van der Waals surface area contributed by atoms with E-state index in [-0.39, 0.29) is 6.54 Å². The summed E-state index contributed by atoms with van der Waals surface area (Å²) in [5, 5.41) is 13.7. The first-order chi connectivity index (χ1) is 10.0. The van der Waals surface area contributed by atoms with Crippen molar-refractivity contribution in [1.29, 1.82) is 0 Å². The van der Waals surface area contributed by atoms with E-state index in [9.17, 15) is 19.7 Å². The molecule has 9 heteroatoms. The molecule has 0 saturated heterocycles. The van der Waals surface area contributed by atoms with Gasteiger partial charge in [0.05, 0.1) is 23.4 Å². The zero-order valence-corrected chi connectivity index (χ0v) is 11.2. The van der Waals surface area contributed by atoms with Gasteiger partial charge in [-0.15, -0.1) is 0 Å². The average Bonchev–Trinajstić information content (AvgIpc) is 2.42. The van der Waals surface area contributed by atoms with Gasteiger partial charge in [0.25, 0.3) is 0 Å². The monoisotopic (exact) mass is 291 g/mol. The van der Waals surface area contributed by atoms with E-state index < -0.39 is 21.9 Å². The highest BCUT2D eigenvalue weighted by Gasteiger charge is 2.15. The van der Waals surface area contributed by atoms with Gasteiger partial charge in [-0.05, 0) is 19.1 Å². The van der Waals surface area contributed by atoms with Crippen LogP contribution in [0.5, 0.6) is 0 Å². The van der Waals surface area contributed by atoms with E-state index in [1.54, 1.807) is 18.2 Å². The van der Waals surface area contributed by atoms with Crippen LogP contribution in [0.2, 0.25) is 0 Å². The Hall–Kier alpha value is -2.97. The molecular weight excluding hydrogens is 278 g/mol. The number of H-pyrrole nitrogens is 1. The first-order valence-electron chi connectivity index (χ1n) is 6.19. The van der Waals surface area contributed by atoms with Gasteiger partial charge in [0, 0.05) is 6.54 Å². The van der Waals surface area contributed by atoms with E-state index >= 15 is 0 Å². The lowest BCUT2D eigenvalue weighted by Crippen LogP contribution is -2.31. The molecule has 0 spiro atoms. The van der Waals surface area contributed by atoms with E-state index in [0.717, 1.165) is 10.8 Å². The minimum Gasteiger partial charge on any atom is -0.370 e. The summed E-state index contributed by atoms with van der Waals surface area (Å²) in [5.41, 5.74) is -1.88. The molecule has 0 aliphatic heterocycles. The maximum Gasteiger partial charge on any atom is 0.350 e. The lowest BCUT2D eigenvalue weighted by Gasteiger charge is -2.07. The molecule has 0 radical (unpaired) electrons. The summed E-state index contributed by atoms with van der Waals surface area (Å²) < 4.78 is 1.04. The highest BCUT2D eigenvalue weighted by molar-refractivity contribution is 5.35. The van der Waals surface area contributed by atoms with Crippen LogP contribution >= 0.6 is 0 Å². The molecule has 2 heterocycles. The summed E-state index contributed by atoms with van der Waals surface area (Å²) in [6, 6.07) is 5.21. The minimum atomic E-state index is -1.02. The maximum absolute atomic E-state index is 11.7. The first kappa shape index (κ1) is 14.4. The molecule has 0 aliphatic rings. The zero-order valence-electron chi connectivity index (χ0n) is 11.2. The fourth-order valence-electron chi connectivity index (χ4n) is 1.77. The van der Waals surface area contributed by atoms with Crippen molar-refractivity contribution in [1.82, 2.24) is 14.5 Å². The normalized spacial score (nSPS) is 10.3. The van der Waals surface area contributed by atoms with Crippen molar-refractivity contribution in [2.24, 2.45) is 0 Å². The Morgan fingerprint density at radius 3 is 2.86 bits per heavy atom. The number of anilines is 1.